The molecule has 1 aliphatic carbocycles. The van der Waals surface area contributed by atoms with Crippen molar-refractivity contribution in [3.8, 4) is 0 Å². The number of thiazole rings is 1. The van der Waals surface area contributed by atoms with Crippen LogP contribution in [-0.4, -0.2) is 46.2 Å². The highest BCUT2D eigenvalue weighted by Crippen LogP contribution is 2.43. The molecule has 136 valence electrons. The summed E-state index contributed by atoms with van der Waals surface area (Å²) in [5.74, 6) is 1.48. The number of piperidine rings is 2. The fraction of sp³-hybridized carbons (Fsp3) is 0.737. The van der Waals surface area contributed by atoms with Crippen LogP contribution in [0, 0.1) is 24.2 Å². The van der Waals surface area contributed by atoms with E-state index in [0.717, 1.165) is 56.0 Å². The molecule has 0 radical (unpaired) electrons. The first kappa shape index (κ1) is 17.0. The van der Waals surface area contributed by atoms with E-state index in [4.69, 9.17) is 0 Å². The van der Waals surface area contributed by atoms with Crippen LogP contribution in [0.5, 0.6) is 0 Å². The van der Waals surface area contributed by atoms with E-state index in [9.17, 15) is 9.59 Å². The Morgan fingerprint density at radius 3 is 2.68 bits per heavy atom. The summed E-state index contributed by atoms with van der Waals surface area (Å²) in [5, 5.41) is 3.11. The standard InChI is InChI=1S/C19H27N3O2S/c1-13-9-16(13)18(24)21-7-5-19(6-8-21)4-3-17(23)22(12-19)10-15-11-25-14(2)20-15/h11,13,16H,3-10,12H2,1-2H3/t13-,16-/m1/s1. The summed E-state index contributed by atoms with van der Waals surface area (Å²) in [5.41, 5.74) is 1.20. The Bertz CT molecular complexity index is 678. The maximum atomic E-state index is 12.5. The zero-order valence-corrected chi connectivity index (χ0v) is 16.0. The number of hydrogen-bond acceptors (Lipinski definition) is 4. The summed E-state index contributed by atoms with van der Waals surface area (Å²) < 4.78 is 0. The average Bonchev–Trinajstić information content (AvgIpc) is 3.19. The van der Waals surface area contributed by atoms with Gasteiger partial charge in [0.15, 0.2) is 0 Å². The third-order valence-corrected chi connectivity index (χ3v) is 7.15. The van der Waals surface area contributed by atoms with Gasteiger partial charge in [-0.05, 0) is 43.9 Å². The van der Waals surface area contributed by atoms with Gasteiger partial charge in [0.05, 0.1) is 17.2 Å². The van der Waals surface area contributed by atoms with E-state index in [0.29, 0.717) is 24.8 Å². The van der Waals surface area contributed by atoms with Gasteiger partial charge in [0.1, 0.15) is 0 Å². The maximum Gasteiger partial charge on any atom is 0.225 e. The van der Waals surface area contributed by atoms with Gasteiger partial charge < -0.3 is 9.80 Å². The maximum absolute atomic E-state index is 12.5. The van der Waals surface area contributed by atoms with Gasteiger partial charge in [-0.1, -0.05) is 6.92 Å². The summed E-state index contributed by atoms with van der Waals surface area (Å²) >= 11 is 1.64. The number of aryl methyl sites for hydroxylation is 1. The first-order chi connectivity index (χ1) is 12.0. The summed E-state index contributed by atoms with van der Waals surface area (Å²) in [6.07, 6.45) is 4.73. The Balaban J connectivity index is 1.37. The van der Waals surface area contributed by atoms with E-state index in [2.05, 4.69) is 22.2 Å². The molecule has 0 aromatic carbocycles. The fourth-order valence-electron chi connectivity index (χ4n) is 4.43. The quantitative estimate of drug-likeness (QED) is 0.832. The first-order valence-corrected chi connectivity index (χ1v) is 10.3. The summed E-state index contributed by atoms with van der Waals surface area (Å²) in [7, 11) is 0. The number of aromatic nitrogens is 1. The van der Waals surface area contributed by atoms with Crippen molar-refractivity contribution in [3.63, 3.8) is 0 Å². The Kier molecular flexibility index (Phi) is 4.34. The van der Waals surface area contributed by atoms with Crippen LogP contribution < -0.4 is 0 Å². The number of hydrogen-bond donors (Lipinski definition) is 0. The number of carbonyl (C=O) groups excluding carboxylic acids is 2. The van der Waals surface area contributed by atoms with Crippen LogP contribution in [-0.2, 0) is 16.1 Å². The van der Waals surface area contributed by atoms with Crippen molar-refractivity contribution in [2.45, 2.75) is 52.5 Å². The van der Waals surface area contributed by atoms with Crippen molar-refractivity contribution in [2.75, 3.05) is 19.6 Å². The SMILES string of the molecule is Cc1nc(CN2CC3(CCC2=O)CCN(C(=O)[C@@H]2C[C@H]2C)CC3)cs1. The van der Waals surface area contributed by atoms with Crippen LogP contribution in [0.25, 0.3) is 0 Å². The van der Waals surface area contributed by atoms with E-state index >= 15 is 0 Å². The zero-order chi connectivity index (χ0) is 17.6. The van der Waals surface area contributed by atoms with Crippen LogP contribution >= 0.6 is 11.3 Å². The molecule has 25 heavy (non-hydrogen) atoms. The lowest BCUT2D eigenvalue weighted by Gasteiger charge is -2.47. The van der Waals surface area contributed by atoms with Crippen LogP contribution in [0.2, 0.25) is 0 Å². The smallest absolute Gasteiger partial charge is 0.225 e. The largest absolute Gasteiger partial charge is 0.342 e. The minimum Gasteiger partial charge on any atom is -0.342 e. The predicted octanol–water partition coefficient (Wildman–Crippen LogP) is 2.84. The number of nitrogens with zero attached hydrogens (tertiary/aromatic N) is 3. The van der Waals surface area contributed by atoms with Crippen LogP contribution in [0.1, 0.15) is 49.7 Å². The Labute approximate surface area is 153 Å². The van der Waals surface area contributed by atoms with E-state index < -0.39 is 0 Å². The number of rotatable bonds is 3. The molecule has 4 rings (SSSR count). The molecule has 0 N–H and O–H groups in total. The number of amides is 2. The first-order valence-electron chi connectivity index (χ1n) is 9.43. The third-order valence-electron chi connectivity index (χ3n) is 6.33. The summed E-state index contributed by atoms with van der Waals surface area (Å²) in [4.78, 5) is 33.4. The molecule has 1 saturated carbocycles. The lowest BCUT2D eigenvalue weighted by atomic mass is 9.72. The molecule has 6 heteroatoms. The number of carbonyl (C=O) groups is 2. The second kappa shape index (κ2) is 6.38. The van der Waals surface area contributed by atoms with E-state index in [1.54, 1.807) is 11.3 Å². The second-order valence-corrected chi connectivity index (χ2v) is 9.31. The molecular weight excluding hydrogens is 334 g/mol. The van der Waals surface area contributed by atoms with Gasteiger partial charge in [-0.3, -0.25) is 9.59 Å². The molecule has 2 saturated heterocycles. The molecule has 2 amide bonds. The zero-order valence-electron chi connectivity index (χ0n) is 15.2. The number of likely N-dealkylation sites (tertiary alicyclic amines) is 2. The Morgan fingerprint density at radius 2 is 2.08 bits per heavy atom. The average molecular weight is 362 g/mol. The van der Waals surface area contributed by atoms with Gasteiger partial charge in [0.25, 0.3) is 0 Å². The van der Waals surface area contributed by atoms with Gasteiger partial charge >= 0.3 is 0 Å². The molecule has 5 nitrogen and oxygen atoms in total. The second-order valence-electron chi connectivity index (χ2n) is 8.25. The van der Waals surface area contributed by atoms with Gasteiger partial charge in [0, 0.05) is 37.4 Å². The molecule has 1 aromatic heterocycles. The van der Waals surface area contributed by atoms with Crippen molar-refractivity contribution in [2.24, 2.45) is 17.3 Å². The Hall–Kier alpha value is -1.43. The molecule has 3 heterocycles. The summed E-state index contributed by atoms with van der Waals surface area (Å²) in [6, 6.07) is 0. The van der Waals surface area contributed by atoms with Gasteiger partial charge in [-0.2, -0.15) is 0 Å². The van der Waals surface area contributed by atoms with Crippen molar-refractivity contribution in [1.29, 1.82) is 0 Å². The van der Waals surface area contributed by atoms with Crippen LogP contribution in [0.15, 0.2) is 5.38 Å². The van der Waals surface area contributed by atoms with Crippen molar-refractivity contribution in [1.82, 2.24) is 14.8 Å². The molecule has 2 atom stereocenters. The van der Waals surface area contributed by atoms with Gasteiger partial charge in [-0.25, -0.2) is 4.98 Å². The fourth-order valence-corrected chi connectivity index (χ4v) is 5.04. The monoisotopic (exact) mass is 361 g/mol. The van der Waals surface area contributed by atoms with Crippen LogP contribution in [0.3, 0.4) is 0 Å². The highest BCUT2D eigenvalue weighted by molar-refractivity contribution is 7.09. The van der Waals surface area contributed by atoms with E-state index in [-0.39, 0.29) is 17.2 Å². The lowest BCUT2D eigenvalue weighted by Crippen LogP contribution is -2.52. The lowest BCUT2D eigenvalue weighted by molar-refractivity contribution is -0.143. The minimum absolute atomic E-state index is 0.199. The van der Waals surface area contributed by atoms with E-state index in [1.807, 2.05) is 11.8 Å². The predicted molar refractivity (Wildman–Crippen MR) is 97.0 cm³/mol. The van der Waals surface area contributed by atoms with E-state index in [1.165, 1.54) is 0 Å². The summed E-state index contributed by atoms with van der Waals surface area (Å²) in [6.45, 7) is 7.34. The van der Waals surface area contributed by atoms with Crippen molar-refractivity contribution in [3.05, 3.63) is 16.1 Å². The molecule has 2 aliphatic heterocycles. The molecule has 1 aromatic rings. The molecular formula is C19H27N3O2S. The topological polar surface area (TPSA) is 53.5 Å². The van der Waals surface area contributed by atoms with Crippen molar-refractivity contribution < 1.29 is 9.59 Å². The molecule has 3 fully saturated rings. The minimum atomic E-state index is 0.199. The molecule has 1 spiro atoms. The van der Waals surface area contributed by atoms with Gasteiger partial charge in [0.2, 0.25) is 11.8 Å². The highest BCUT2D eigenvalue weighted by Gasteiger charge is 2.45. The van der Waals surface area contributed by atoms with Gasteiger partial charge in [-0.15, -0.1) is 11.3 Å². The van der Waals surface area contributed by atoms with Crippen molar-refractivity contribution >= 4 is 23.2 Å². The highest BCUT2D eigenvalue weighted by atomic mass is 32.1. The molecule has 0 unspecified atom stereocenters. The molecule has 3 aliphatic rings. The van der Waals surface area contributed by atoms with Crippen LogP contribution in [0.4, 0.5) is 0 Å². The normalized spacial score (nSPS) is 28.5. The molecule has 0 bridgehead atoms. The Morgan fingerprint density at radius 1 is 1.36 bits per heavy atom. The third kappa shape index (κ3) is 3.46.